The molecule has 1 saturated heterocycles. The van der Waals surface area contributed by atoms with Gasteiger partial charge in [0.1, 0.15) is 17.7 Å². The van der Waals surface area contributed by atoms with Gasteiger partial charge >= 0.3 is 0 Å². The Morgan fingerprint density at radius 3 is 3.00 bits per heavy atom. The summed E-state index contributed by atoms with van der Waals surface area (Å²) in [5.74, 6) is 0.245. The molecule has 0 aliphatic carbocycles. The average Bonchev–Trinajstić information content (AvgIpc) is 2.51. The van der Waals surface area contributed by atoms with E-state index in [1.54, 1.807) is 6.07 Å². The zero-order valence-corrected chi connectivity index (χ0v) is 9.77. The molecule has 88 valence electrons. The fourth-order valence-corrected chi connectivity index (χ4v) is 2.07. The molecule has 2 nitrogen and oxygen atoms in total. The summed E-state index contributed by atoms with van der Waals surface area (Å²) in [6, 6.07) is 4.25. The van der Waals surface area contributed by atoms with Gasteiger partial charge in [-0.05, 0) is 50.6 Å². The largest absolute Gasteiger partial charge is 0.489 e. The summed E-state index contributed by atoms with van der Waals surface area (Å²) in [6.45, 7) is 2.00. The molecule has 1 atom stereocenters. The SMILES string of the molecule is Fc1ccc(OC2CCCNCC2)c(Cl)c1. The first-order valence-electron chi connectivity index (χ1n) is 5.58. The first-order valence-corrected chi connectivity index (χ1v) is 5.96. The van der Waals surface area contributed by atoms with E-state index in [1.807, 2.05) is 0 Å². The van der Waals surface area contributed by atoms with Crippen LogP contribution in [-0.4, -0.2) is 19.2 Å². The second-order valence-corrected chi connectivity index (χ2v) is 4.40. The monoisotopic (exact) mass is 243 g/mol. The zero-order chi connectivity index (χ0) is 11.4. The number of benzene rings is 1. The Morgan fingerprint density at radius 1 is 1.31 bits per heavy atom. The van der Waals surface area contributed by atoms with Crippen molar-refractivity contribution in [3.05, 3.63) is 29.0 Å². The van der Waals surface area contributed by atoms with Gasteiger partial charge in [0.05, 0.1) is 5.02 Å². The van der Waals surface area contributed by atoms with Gasteiger partial charge in [-0.25, -0.2) is 4.39 Å². The van der Waals surface area contributed by atoms with Gasteiger partial charge in [-0.15, -0.1) is 0 Å². The highest BCUT2D eigenvalue weighted by Gasteiger charge is 2.14. The van der Waals surface area contributed by atoms with Crippen molar-refractivity contribution in [3.8, 4) is 5.75 Å². The van der Waals surface area contributed by atoms with E-state index < -0.39 is 0 Å². The van der Waals surface area contributed by atoms with Gasteiger partial charge in [-0.3, -0.25) is 0 Å². The lowest BCUT2D eigenvalue weighted by atomic mass is 10.1. The van der Waals surface area contributed by atoms with Crippen molar-refractivity contribution < 1.29 is 9.13 Å². The van der Waals surface area contributed by atoms with Crippen LogP contribution in [0.4, 0.5) is 4.39 Å². The van der Waals surface area contributed by atoms with Crippen molar-refractivity contribution in [2.24, 2.45) is 0 Å². The highest BCUT2D eigenvalue weighted by molar-refractivity contribution is 6.32. The normalized spacial score (nSPS) is 21.5. The average molecular weight is 244 g/mol. The number of hydrogen-bond acceptors (Lipinski definition) is 2. The van der Waals surface area contributed by atoms with Gasteiger partial charge in [0.15, 0.2) is 0 Å². The highest BCUT2D eigenvalue weighted by atomic mass is 35.5. The number of nitrogens with one attached hydrogen (secondary N) is 1. The fourth-order valence-electron chi connectivity index (χ4n) is 1.86. The maximum atomic E-state index is 12.8. The lowest BCUT2D eigenvalue weighted by molar-refractivity contribution is 0.187. The molecule has 16 heavy (non-hydrogen) atoms. The van der Waals surface area contributed by atoms with Crippen LogP contribution in [0.2, 0.25) is 5.02 Å². The summed E-state index contributed by atoms with van der Waals surface area (Å²) >= 11 is 5.91. The molecule has 0 amide bonds. The molecule has 1 fully saturated rings. The van der Waals surface area contributed by atoms with Crippen LogP contribution in [-0.2, 0) is 0 Å². The van der Waals surface area contributed by atoms with Gasteiger partial charge in [-0.2, -0.15) is 0 Å². The van der Waals surface area contributed by atoms with Gasteiger partial charge < -0.3 is 10.1 Å². The third-order valence-corrected chi connectivity index (χ3v) is 3.01. The molecule has 2 rings (SSSR count). The molecule has 1 aliphatic heterocycles. The Labute approximate surface area is 99.7 Å². The highest BCUT2D eigenvalue weighted by Crippen LogP contribution is 2.27. The quantitative estimate of drug-likeness (QED) is 0.862. The van der Waals surface area contributed by atoms with E-state index in [9.17, 15) is 4.39 Å². The van der Waals surface area contributed by atoms with Crippen LogP contribution in [0, 0.1) is 5.82 Å². The van der Waals surface area contributed by atoms with Crippen molar-refractivity contribution in [2.45, 2.75) is 25.4 Å². The zero-order valence-electron chi connectivity index (χ0n) is 9.01. The van der Waals surface area contributed by atoms with Crippen LogP contribution in [0.25, 0.3) is 0 Å². The smallest absolute Gasteiger partial charge is 0.138 e. The van der Waals surface area contributed by atoms with Gasteiger partial charge in [0.2, 0.25) is 0 Å². The molecule has 0 saturated carbocycles. The first kappa shape index (κ1) is 11.7. The van der Waals surface area contributed by atoms with E-state index in [2.05, 4.69) is 5.32 Å². The third kappa shape index (κ3) is 3.09. The number of halogens is 2. The van der Waals surface area contributed by atoms with Crippen molar-refractivity contribution in [1.29, 1.82) is 0 Å². The van der Waals surface area contributed by atoms with Crippen LogP contribution in [0.3, 0.4) is 0 Å². The molecule has 0 bridgehead atoms. The van der Waals surface area contributed by atoms with E-state index >= 15 is 0 Å². The Hall–Kier alpha value is -0.800. The number of ether oxygens (including phenoxy) is 1. The Morgan fingerprint density at radius 2 is 2.19 bits per heavy atom. The fraction of sp³-hybridized carbons (Fsp3) is 0.500. The third-order valence-electron chi connectivity index (χ3n) is 2.71. The summed E-state index contributed by atoms with van der Waals surface area (Å²) in [7, 11) is 0. The van der Waals surface area contributed by atoms with E-state index in [1.165, 1.54) is 12.1 Å². The number of hydrogen-bond donors (Lipinski definition) is 1. The molecule has 0 aromatic heterocycles. The summed E-state index contributed by atoms with van der Waals surface area (Å²) in [5.41, 5.74) is 0. The lowest BCUT2D eigenvalue weighted by Gasteiger charge is -2.17. The second-order valence-electron chi connectivity index (χ2n) is 4.00. The van der Waals surface area contributed by atoms with Crippen LogP contribution < -0.4 is 10.1 Å². The van der Waals surface area contributed by atoms with Crippen molar-refractivity contribution in [1.82, 2.24) is 5.32 Å². The molecular weight excluding hydrogens is 229 g/mol. The molecule has 1 heterocycles. The second kappa shape index (κ2) is 5.51. The Kier molecular flexibility index (Phi) is 4.02. The summed E-state index contributed by atoms with van der Waals surface area (Å²) < 4.78 is 18.6. The van der Waals surface area contributed by atoms with Crippen LogP contribution >= 0.6 is 11.6 Å². The molecule has 1 unspecified atom stereocenters. The van der Waals surface area contributed by atoms with E-state index in [4.69, 9.17) is 16.3 Å². The Balaban J connectivity index is 2.01. The van der Waals surface area contributed by atoms with Crippen LogP contribution in [0.15, 0.2) is 18.2 Å². The van der Waals surface area contributed by atoms with Gasteiger partial charge in [0.25, 0.3) is 0 Å². The topological polar surface area (TPSA) is 21.3 Å². The number of rotatable bonds is 2. The molecule has 1 N–H and O–H groups in total. The minimum atomic E-state index is -0.333. The maximum Gasteiger partial charge on any atom is 0.138 e. The van der Waals surface area contributed by atoms with E-state index in [0.717, 1.165) is 32.4 Å². The van der Waals surface area contributed by atoms with Crippen LogP contribution in [0.1, 0.15) is 19.3 Å². The van der Waals surface area contributed by atoms with Crippen molar-refractivity contribution in [3.63, 3.8) is 0 Å². The Bertz CT molecular complexity index is 351. The standard InChI is InChI=1S/C12H15ClFNO/c13-11-8-9(14)3-4-12(11)16-10-2-1-6-15-7-5-10/h3-4,8,10,15H,1-2,5-7H2. The van der Waals surface area contributed by atoms with E-state index in [0.29, 0.717) is 10.8 Å². The van der Waals surface area contributed by atoms with E-state index in [-0.39, 0.29) is 11.9 Å². The van der Waals surface area contributed by atoms with Crippen molar-refractivity contribution in [2.75, 3.05) is 13.1 Å². The van der Waals surface area contributed by atoms with Crippen LogP contribution in [0.5, 0.6) is 5.75 Å². The predicted molar refractivity (Wildman–Crippen MR) is 62.5 cm³/mol. The molecule has 0 spiro atoms. The molecule has 1 aromatic carbocycles. The molecule has 1 aliphatic rings. The first-order chi connectivity index (χ1) is 7.75. The summed E-state index contributed by atoms with van der Waals surface area (Å²) in [6.07, 6.45) is 3.26. The molecule has 0 radical (unpaired) electrons. The lowest BCUT2D eigenvalue weighted by Crippen LogP contribution is -2.19. The van der Waals surface area contributed by atoms with Gasteiger partial charge in [0, 0.05) is 0 Å². The maximum absolute atomic E-state index is 12.8. The minimum Gasteiger partial charge on any atom is -0.489 e. The molecule has 1 aromatic rings. The van der Waals surface area contributed by atoms with Crippen molar-refractivity contribution >= 4 is 11.6 Å². The minimum absolute atomic E-state index is 0.179. The predicted octanol–water partition coefficient (Wildman–Crippen LogP) is 3.00. The summed E-state index contributed by atoms with van der Waals surface area (Å²) in [5, 5.41) is 3.66. The van der Waals surface area contributed by atoms with Gasteiger partial charge in [-0.1, -0.05) is 11.6 Å². The molecular formula is C12H15ClFNO. The molecule has 4 heteroatoms. The summed E-state index contributed by atoms with van der Waals surface area (Å²) in [4.78, 5) is 0.